The SMILES string of the molecule is O=c1/c(=C/c2cc(Cl)c(OCc3ccc(Cl)cc3Cl)c(Cl)c2)sc2nc3ccccc3n12. The van der Waals surface area contributed by atoms with Crippen LogP contribution in [0.3, 0.4) is 0 Å². The van der Waals surface area contributed by atoms with Crippen LogP contribution in [0.5, 0.6) is 5.75 Å². The Morgan fingerprint density at radius 2 is 1.72 bits per heavy atom. The molecule has 2 heterocycles. The van der Waals surface area contributed by atoms with Gasteiger partial charge in [-0.25, -0.2) is 9.38 Å². The van der Waals surface area contributed by atoms with Crippen LogP contribution in [0.1, 0.15) is 11.1 Å². The predicted octanol–water partition coefficient (Wildman–Crippen LogP) is 6.65. The maximum atomic E-state index is 12.9. The third-order valence-electron chi connectivity index (χ3n) is 4.85. The van der Waals surface area contributed by atoms with Gasteiger partial charge in [0.2, 0.25) is 0 Å². The number of hydrogen-bond acceptors (Lipinski definition) is 4. The van der Waals surface area contributed by atoms with Crippen LogP contribution in [0.15, 0.2) is 59.4 Å². The summed E-state index contributed by atoms with van der Waals surface area (Å²) in [6.07, 6.45) is 1.74. The Morgan fingerprint density at radius 3 is 2.47 bits per heavy atom. The number of halogens is 4. The molecule has 3 aromatic carbocycles. The molecule has 0 unspecified atom stereocenters. The monoisotopic (exact) mass is 520 g/mol. The van der Waals surface area contributed by atoms with E-state index in [1.54, 1.807) is 40.8 Å². The van der Waals surface area contributed by atoms with E-state index in [0.29, 0.717) is 40.9 Å². The highest BCUT2D eigenvalue weighted by molar-refractivity contribution is 7.15. The molecule has 0 bridgehead atoms. The second kappa shape index (κ2) is 8.58. The number of thiazole rings is 1. The first-order valence-electron chi connectivity index (χ1n) is 9.38. The van der Waals surface area contributed by atoms with Crippen molar-refractivity contribution in [2.75, 3.05) is 0 Å². The molecule has 0 saturated carbocycles. The van der Waals surface area contributed by atoms with Gasteiger partial charge in [-0.05, 0) is 48.0 Å². The molecular weight excluding hydrogens is 510 g/mol. The Hall–Kier alpha value is -2.28. The molecule has 5 rings (SSSR count). The largest absolute Gasteiger partial charge is 0.486 e. The second-order valence-corrected chi connectivity index (χ2v) is 9.64. The van der Waals surface area contributed by atoms with Gasteiger partial charge in [0, 0.05) is 15.6 Å². The van der Waals surface area contributed by atoms with E-state index >= 15 is 0 Å². The van der Waals surface area contributed by atoms with Crippen LogP contribution in [0, 0.1) is 0 Å². The molecular formula is C23H12Cl4N2O2S. The smallest absolute Gasteiger partial charge is 0.274 e. The van der Waals surface area contributed by atoms with E-state index in [4.69, 9.17) is 51.1 Å². The first kappa shape index (κ1) is 21.6. The standard InChI is InChI=1S/C23H12Cl4N2O2S/c24-14-6-5-13(15(25)10-14)11-31-21-16(26)7-12(8-17(21)27)9-20-22(30)29-19-4-2-1-3-18(19)28-23(29)32-20/h1-10H,11H2/b20-9-. The van der Waals surface area contributed by atoms with E-state index in [-0.39, 0.29) is 12.2 Å². The summed E-state index contributed by atoms with van der Waals surface area (Å²) in [5.74, 6) is 0.339. The Kier molecular flexibility index (Phi) is 5.78. The fraction of sp³-hybridized carbons (Fsp3) is 0.0435. The lowest BCUT2D eigenvalue weighted by Gasteiger charge is -2.12. The van der Waals surface area contributed by atoms with Gasteiger partial charge in [-0.2, -0.15) is 0 Å². The second-order valence-electron chi connectivity index (χ2n) is 6.97. The molecule has 0 spiro atoms. The number of aromatic nitrogens is 2. The van der Waals surface area contributed by atoms with Crippen LogP contribution >= 0.6 is 57.7 Å². The number of para-hydroxylation sites is 2. The molecule has 0 N–H and O–H groups in total. The molecule has 0 aliphatic carbocycles. The molecule has 0 amide bonds. The summed E-state index contributed by atoms with van der Waals surface area (Å²) in [5, 5.41) is 1.69. The van der Waals surface area contributed by atoms with Gasteiger partial charge >= 0.3 is 0 Å². The minimum absolute atomic E-state index is 0.136. The molecule has 5 aromatic rings. The van der Waals surface area contributed by atoms with Crippen LogP contribution in [-0.2, 0) is 6.61 Å². The summed E-state index contributed by atoms with van der Waals surface area (Å²) in [7, 11) is 0. The number of imidazole rings is 1. The van der Waals surface area contributed by atoms with Crippen molar-refractivity contribution in [2.45, 2.75) is 6.61 Å². The molecule has 0 atom stereocenters. The molecule has 0 radical (unpaired) electrons. The molecule has 32 heavy (non-hydrogen) atoms. The molecule has 0 saturated heterocycles. The lowest BCUT2D eigenvalue weighted by Crippen LogP contribution is -2.22. The highest BCUT2D eigenvalue weighted by atomic mass is 35.5. The van der Waals surface area contributed by atoms with Gasteiger partial charge in [0.05, 0.1) is 25.6 Å². The highest BCUT2D eigenvalue weighted by Crippen LogP contribution is 2.35. The zero-order valence-corrected chi connectivity index (χ0v) is 20.0. The lowest BCUT2D eigenvalue weighted by atomic mass is 10.2. The first-order chi connectivity index (χ1) is 15.4. The van der Waals surface area contributed by atoms with E-state index in [0.717, 1.165) is 16.6 Å². The third kappa shape index (κ3) is 3.96. The van der Waals surface area contributed by atoms with Crippen molar-refractivity contribution >= 4 is 79.8 Å². The number of benzene rings is 3. The Bertz CT molecular complexity index is 1590. The molecule has 2 aromatic heterocycles. The van der Waals surface area contributed by atoms with E-state index in [2.05, 4.69) is 4.98 Å². The van der Waals surface area contributed by atoms with Crippen LogP contribution in [0.4, 0.5) is 0 Å². The Morgan fingerprint density at radius 1 is 0.969 bits per heavy atom. The summed E-state index contributed by atoms with van der Waals surface area (Å²) in [4.78, 5) is 18.1. The van der Waals surface area contributed by atoms with Gasteiger partial charge in [-0.15, -0.1) is 0 Å². The first-order valence-corrected chi connectivity index (χ1v) is 11.7. The van der Waals surface area contributed by atoms with Crippen molar-refractivity contribution in [1.29, 1.82) is 0 Å². The summed E-state index contributed by atoms with van der Waals surface area (Å²) < 4.78 is 7.96. The van der Waals surface area contributed by atoms with Gasteiger partial charge in [-0.1, -0.05) is 75.9 Å². The Labute approximate surface area is 206 Å². The quantitative estimate of drug-likeness (QED) is 0.266. The third-order valence-corrected chi connectivity index (χ3v) is 6.97. The van der Waals surface area contributed by atoms with Gasteiger partial charge in [0.25, 0.3) is 5.56 Å². The van der Waals surface area contributed by atoms with E-state index in [1.165, 1.54) is 11.3 Å². The topological polar surface area (TPSA) is 43.6 Å². The average molecular weight is 522 g/mol. The van der Waals surface area contributed by atoms with Crippen molar-refractivity contribution in [3.8, 4) is 5.75 Å². The van der Waals surface area contributed by atoms with Crippen molar-refractivity contribution in [2.24, 2.45) is 0 Å². The number of ether oxygens (including phenoxy) is 1. The normalized spacial score (nSPS) is 12.2. The highest BCUT2D eigenvalue weighted by Gasteiger charge is 2.13. The van der Waals surface area contributed by atoms with Crippen LogP contribution in [0.25, 0.3) is 22.1 Å². The molecule has 0 aliphatic heterocycles. The van der Waals surface area contributed by atoms with Crippen LogP contribution < -0.4 is 14.8 Å². The maximum Gasteiger partial charge on any atom is 0.274 e. The fourth-order valence-electron chi connectivity index (χ4n) is 3.35. The summed E-state index contributed by atoms with van der Waals surface area (Å²) >= 11 is 26.3. The minimum Gasteiger partial charge on any atom is -0.486 e. The zero-order valence-electron chi connectivity index (χ0n) is 16.1. The summed E-state index contributed by atoms with van der Waals surface area (Å²) in [5.41, 5.74) is 2.87. The molecule has 0 aliphatic rings. The lowest BCUT2D eigenvalue weighted by molar-refractivity contribution is 0.306. The summed E-state index contributed by atoms with van der Waals surface area (Å²) in [6, 6.07) is 16.1. The number of hydrogen-bond donors (Lipinski definition) is 0. The number of fused-ring (bicyclic) bond motifs is 3. The van der Waals surface area contributed by atoms with Gasteiger partial charge in [-0.3, -0.25) is 4.79 Å². The van der Waals surface area contributed by atoms with Gasteiger partial charge in [0.15, 0.2) is 10.7 Å². The van der Waals surface area contributed by atoms with E-state index < -0.39 is 0 Å². The fourth-order valence-corrected chi connectivity index (χ4v) is 5.42. The molecule has 160 valence electrons. The molecule has 4 nitrogen and oxygen atoms in total. The predicted molar refractivity (Wildman–Crippen MR) is 133 cm³/mol. The summed E-state index contributed by atoms with van der Waals surface area (Å²) in [6.45, 7) is 0.179. The zero-order chi connectivity index (χ0) is 22.4. The van der Waals surface area contributed by atoms with Crippen molar-refractivity contribution in [3.63, 3.8) is 0 Å². The van der Waals surface area contributed by atoms with E-state index in [9.17, 15) is 4.79 Å². The average Bonchev–Trinajstić information content (AvgIpc) is 3.25. The maximum absolute atomic E-state index is 12.9. The Balaban J connectivity index is 1.48. The van der Waals surface area contributed by atoms with Crippen LogP contribution in [0.2, 0.25) is 20.1 Å². The number of nitrogens with zero attached hydrogens (tertiary/aromatic N) is 2. The minimum atomic E-state index is -0.136. The van der Waals surface area contributed by atoms with Gasteiger partial charge in [0.1, 0.15) is 6.61 Å². The van der Waals surface area contributed by atoms with Gasteiger partial charge < -0.3 is 4.74 Å². The van der Waals surface area contributed by atoms with Crippen molar-refractivity contribution < 1.29 is 4.74 Å². The van der Waals surface area contributed by atoms with Crippen LogP contribution in [-0.4, -0.2) is 9.38 Å². The molecule has 0 fully saturated rings. The van der Waals surface area contributed by atoms with Crippen molar-refractivity contribution in [3.05, 3.63) is 101 Å². The number of rotatable bonds is 4. The molecule has 9 heteroatoms. The van der Waals surface area contributed by atoms with E-state index in [1.807, 2.05) is 24.3 Å². The van der Waals surface area contributed by atoms with Crippen molar-refractivity contribution in [1.82, 2.24) is 9.38 Å².